The fourth-order valence-electron chi connectivity index (χ4n) is 0.938. The molecule has 0 saturated carbocycles. The van der Waals surface area contributed by atoms with Gasteiger partial charge in [0.15, 0.2) is 0 Å². The summed E-state index contributed by atoms with van der Waals surface area (Å²) < 4.78 is 0. The van der Waals surface area contributed by atoms with Crippen molar-refractivity contribution in [1.82, 2.24) is 0 Å². The molecule has 2 nitrogen and oxygen atoms in total. The molecule has 0 rings (SSSR count). The van der Waals surface area contributed by atoms with Crippen molar-refractivity contribution >= 4 is 0 Å². The standard InChI is InChI=1S/C7H15NO/c1-3-5-7(4-2)6-8-9/h7H,3-6H2,1-2H3/t7-/m0/s1. The van der Waals surface area contributed by atoms with Crippen LogP contribution < -0.4 is 0 Å². The van der Waals surface area contributed by atoms with Crippen LogP contribution in [-0.2, 0) is 0 Å². The summed E-state index contributed by atoms with van der Waals surface area (Å²) in [7, 11) is 0. The minimum absolute atomic E-state index is 0.504. The molecule has 9 heavy (non-hydrogen) atoms. The van der Waals surface area contributed by atoms with Crippen LogP contribution in [0.3, 0.4) is 0 Å². The third-order valence-electron chi connectivity index (χ3n) is 1.61. The van der Waals surface area contributed by atoms with Crippen molar-refractivity contribution in [2.24, 2.45) is 11.1 Å². The Morgan fingerprint density at radius 2 is 2.11 bits per heavy atom. The fourth-order valence-corrected chi connectivity index (χ4v) is 0.938. The average molecular weight is 129 g/mol. The van der Waals surface area contributed by atoms with Crippen LogP contribution in [0.1, 0.15) is 33.1 Å². The molecule has 0 saturated heterocycles. The lowest BCUT2D eigenvalue weighted by Gasteiger charge is -2.06. The molecule has 0 aliphatic heterocycles. The van der Waals surface area contributed by atoms with Gasteiger partial charge in [-0.3, -0.25) is 0 Å². The lowest BCUT2D eigenvalue weighted by atomic mass is 10.0. The first-order valence-electron chi connectivity index (χ1n) is 3.64. The molecule has 0 N–H and O–H groups in total. The minimum atomic E-state index is 0.504. The highest BCUT2D eigenvalue weighted by atomic mass is 16.3. The predicted molar refractivity (Wildman–Crippen MR) is 39.4 cm³/mol. The molecule has 2 heteroatoms. The second-order valence-electron chi connectivity index (χ2n) is 2.37. The lowest BCUT2D eigenvalue weighted by molar-refractivity contribution is 0.475. The van der Waals surface area contributed by atoms with Crippen molar-refractivity contribution in [3.05, 3.63) is 4.91 Å². The molecule has 0 heterocycles. The Bertz CT molecular complexity index is 73.3. The van der Waals surface area contributed by atoms with Crippen molar-refractivity contribution in [1.29, 1.82) is 0 Å². The van der Waals surface area contributed by atoms with E-state index in [0.717, 1.165) is 19.3 Å². The van der Waals surface area contributed by atoms with Crippen LogP contribution in [-0.4, -0.2) is 6.54 Å². The van der Waals surface area contributed by atoms with Gasteiger partial charge in [-0.2, -0.15) is 4.91 Å². The Kier molecular flexibility index (Phi) is 5.48. The Morgan fingerprint density at radius 3 is 2.44 bits per heavy atom. The van der Waals surface area contributed by atoms with E-state index in [1.807, 2.05) is 0 Å². The van der Waals surface area contributed by atoms with Gasteiger partial charge in [-0.1, -0.05) is 31.9 Å². The molecule has 0 bridgehead atoms. The van der Waals surface area contributed by atoms with E-state index in [1.54, 1.807) is 0 Å². The van der Waals surface area contributed by atoms with E-state index in [4.69, 9.17) is 0 Å². The Hall–Kier alpha value is -0.400. The number of nitroso groups, excluding NO2 is 1. The lowest BCUT2D eigenvalue weighted by Crippen LogP contribution is -2.01. The third-order valence-corrected chi connectivity index (χ3v) is 1.61. The van der Waals surface area contributed by atoms with Crippen LogP contribution in [0.2, 0.25) is 0 Å². The predicted octanol–water partition coefficient (Wildman–Crippen LogP) is 2.58. The van der Waals surface area contributed by atoms with E-state index in [-0.39, 0.29) is 0 Å². The molecule has 0 fully saturated rings. The zero-order valence-corrected chi connectivity index (χ0v) is 6.26. The zero-order chi connectivity index (χ0) is 7.11. The van der Waals surface area contributed by atoms with Gasteiger partial charge in [-0.15, -0.1) is 0 Å². The van der Waals surface area contributed by atoms with E-state index < -0.39 is 0 Å². The molecule has 0 unspecified atom stereocenters. The molecule has 0 radical (unpaired) electrons. The SMILES string of the molecule is CCC[C@H](CC)CN=O. The quantitative estimate of drug-likeness (QED) is 0.524. The Balaban J connectivity index is 3.28. The molecule has 0 aliphatic carbocycles. The molecule has 0 spiro atoms. The van der Waals surface area contributed by atoms with E-state index in [1.165, 1.54) is 0 Å². The summed E-state index contributed by atoms with van der Waals surface area (Å²) in [5, 5.41) is 2.88. The van der Waals surface area contributed by atoms with E-state index in [2.05, 4.69) is 19.0 Å². The average Bonchev–Trinajstić information content (AvgIpc) is 1.88. The van der Waals surface area contributed by atoms with Crippen LogP contribution in [0, 0.1) is 10.8 Å². The molecule has 54 valence electrons. The van der Waals surface area contributed by atoms with E-state index >= 15 is 0 Å². The molecule has 1 atom stereocenters. The van der Waals surface area contributed by atoms with Gasteiger partial charge in [-0.25, -0.2) is 0 Å². The topological polar surface area (TPSA) is 29.4 Å². The minimum Gasteiger partial charge on any atom is -0.151 e. The van der Waals surface area contributed by atoms with Gasteiger partial charge >= 0.3 is 0 Å². The van der Waals surface area contributed by atoms with E-state index in [9.17, 15) is 4.91 Å². The van der Waals surface area contributed by atoms with Gasteiger partial charge in [0.2, 0.25) is 0 Å². The van der Waals surface area contributed by atoms with Gasteiger partial charge in [0.05, 0.1) is 6.54 Å². The highest BCUT2D eigenvalue weighted by molar-refractivity contribution is 4.57. The van der Waals surface area contributed by atoms with Crippen LogP contribution in [0.4, 0.5) is 0 Å². The highest BCUT2D eigenvalue weighted by Crippen LogP contribution is 2.09. The van der Waals surface area contributed by atoms with Gasteiger partial charge in [-0.05, 0) is 12.3 Å². The van der Waals surface area contributed by atoms with Gasteiger partial charge in [0.25, 0.3) is 0 Å². The summed E-state index contributed by atoms with van der Waals surface area (Å²) >= 11 is 0. The van der Waals surface area contributed by atoms with Gasteiger partial charge < -0.3 is 0 Å². The second-order valence-corrected chi connectivity index (χ2v) is 2.37. The van der Waals surface area contributed by atoms with Crippen molar-refractivity contribution in [3.63, 3.8) is 0 Å². The van der Waals surface area contributed by atoms with Crippen LogP contribution in [0.15, 0.2) is 5.18 Å². The maximum absolute atomic E-state index is 9.80. The molecule has 0 aromatic rings. The van der Waals surface area contributed by atoms with Crippen molar-refractivity contribution in [2.75, 3.05) is 6.54 Å². The fraction of sp³-hybridized carbons (Fsp3) is 1.00. The van der Waals surface area contributed by atoms with Crippen molar-refractivity contribution in [2.45, 2.75) is 33.1 Å². The summed E-state index contributed by atoms with van der Waals surface area (Å²) in [6.45, 7) is 4.74. The summed E-state index contributed by atoms with van der Waals surface area (Å²) in [5.74, 6) is 0.535. The van der Waals surface area contributed by atoms with E-state index in [0.29, 0.717) is 12.5 Å². The first-order chi connectivity index (χ1) is 4.35. The summed E-state index contributed by atoms with van der Waals surface area (Å²) in [4.78, 5) is 9.80. The maximum Gasteiger partial charge on any atom is 0.0839 e. The Morgan fingerprint density at radius 1 is 1.44 bits per heavy atom. The molecular weight excluding hydrogens is 114 g/mol. The molecular formula is C7H15NO. The maximum atomic E-state index is 9.80. The van der Waals surface area contributed by atoms with Crippen LogP contribution in [0.25, 0.3) is 0 Å². The molecule has 0 amide bonds. The normalized spacial score (nSPS) is 13.1. The molecule has 0 aliphatic rings. The zero-order valence-electron chi connectivity index (χ0n) is 6.26. The van der Waals surface area contributed by atoms with Crippen LogP contribution in [0.5, 0.6) is 0 Å². The summed E-state index contributed by atoms with van der Waals surface area (Å²) in [6, 6.07) is 0. The number of rotatable bonds is 5. The number of nitrogens with zero attached hydrogens (tertiary/aromatic N) is 1. The second kappa shape index (κ2) is 5.73. The smallest absolute Gasteiger partial charge is 0.0839 e. The van der Waals surface area contributed by atoms with Crippen molar-refractivity contribution in [3.8, 4) is 0 Å². The largest absolute Gasteiger partial charge is 0.151 e. The van der Waals surface area contributed by atoms with Gasteiger partial charge in [0, 0.05) is 0 Å². The summed E-state index contributed by atoms with van der Waals surface area (Å²) in [5.41, 5.74) is 0. The first kappa shape index (κ1) is 8.60. The molecule has 0 aromatic heterocycles. The molecule has 0 aromatic carbocycles. The first-order valence-corrected chi connectivity index (χ1v) is 3.64. The summed E-state index contributed by atoms with van der Waals surface area (Å²) in [6.07, 6.45) is 3.38. The van der Waals surface area contributed by atoms with Crippen LogP contribution >= 0.6 is 0 Å². The Labute approximate surface area is 56.6 Å². The number of hydrogen-bond donors (Lipinski definition) is 0. The highest BCUT2D eigenvalue weighted by Gasteiger charge is 2.02. The number of hydrogen-bond acceptors (Lipinski definition) is 2. The monoisotopic (exact) mass is 129 g/mol. The third kappa shape index (κ3) is 4.13. The van der Waals surface area contributed by atoms with Gasteiger partial charge in [0.1, 0.15) is 0 Å². The van der Waals surface area contributed by atoms with Crippen molar-refractivity contribution < 1.29 is 0 Å².